The molecule has 1 fully saturated rings. The molecular formula is C8H11N. The molecule has 1 saturated carbocycles. The Kier molecular flexibility index (Phi) is 1.08. The predicted molar refractivity (Wildman–Crippen MR) is 37.2 cm³/mol. The summed E-state index contributed by atoms with van der Waals surface area (Å²) in [5.74, 6) is 1.00. The lowest BCUT2D eigenvalue weighted by atomic mass is 10.2. The van der Waals surface area contributed by atoms with E-state index in [0.717, 1.165) is 5.92 Å². The van der Waals surface area contributed by atoms with Crippen molar-refractivity contribution in [2.45, 2.75) is 19.3 Å². The first-order valence-electron chi connectivity index (χ1n) is 3.57. The molecular weight excluding hydrogens is 110 g/mol. The SMILES string of the molecule is c1c[nH]c(CC2CC2)c1. The first-order chi connectivity index (χ1) is 4.45. The van der Waals surface area contributed by atoms with Gasteiger partial charge in [-0.15, -0.1) is 0 Å². The molecule has 1 heteroatoms. The minimum atomic E-state index is 1.00. The van der Waals surface area contributed by atoms with E-state index in [-0.39, 0.29) is 0 Å². The molecule has 0 saturated heterocycles. The average Bonchev–Trinajstić information content (AvgIpc) is 2.46. The molecule has 48 valence electrons. The number of rotatable bonds is 2. The van der Waals surface area contributed by atoms with E-state index in [2.05, 4.69) is 17.1 Å². The van der Waals surface area contributed by atoms with Crippen molar-refractivity contribution in [3.05, 3.63) is 24.0 Å². The molecule has 1 nitrogen and oxygen atoms in total. The molecule has 2 rings (SSSR count). The largest absolute Gasteiger partial charge is 0.365 e. The van der Waals surface area contributed by atoms with Gasteiger partial charge in [0, 0.05) is 11.9 Å². The van der Waals surface area contributed by atoms with Gasteiger partial charge < -0.3 is 4.98 Å². The molecule has 0 spiro atoms. The minimum Gasteiger partial charge on any atom is -0.365 e. The van der Waals surface area contributed by atoms with Gasteiger partial charge in [-0.1, -0.05) is 0 Å². The van der Waals surface area contributed by atoms with Crippen LogP contribution in [0, 0.1) is 5.92 Å². The van der Waals surface area contributed by atoms with E-state index < -0.39 is 0 Å². The van der Waals surface area contributed by atoms with Crippen molar-refractivity contribution in [2.24, 2.45) is 5.92 Å². The Morgan fingerprint density at radius 2 is 2.44 bits per heavy atom. The van der Waals surface area contributed by atoms with Gasteiger partial charge in [-0.05, 0) is 37.3 Å². The van der Waals surface area contributed by atoms with Crippen LogP contribution in [0.3, 0.4) is 0 Å². The maximum absolute atomic E-state index is 3.21. The van der Waals surface area contributed by atoms with E-state index in [0.29, 0.717) is 0 Å². The van der Waals surface area contributed by atoms with E-state index in [4.69, 9.17) is 0 Å². The highest BCUT2D eigenvalue weighted by molar-refractivity contribution is 5.05. The Morgan fingerprint density at radius 1 is 1.56 bits per heavy atom. The topological polar surface area (TPSA) is 15.8 Å². The Balaban J connectivity index is 1.99. The van der Waals surface area contributed by atoms with Gasteiger partial charge in [0.25, 0.3) is 0 Å². The molecule has 0 unspecified atom stereocenters. The summed E-state index contributed by atoms with van der Waals surface area (Å²) in [4.78, 5) is 3.21. The van der Waals surface area contributed by atoms with Gasteiger partial charge in [0.15, 0.2) is 0 Å². The fourth-order valence-electron chi connectivity index (χ4n) is 1.13. The molecule has 0 aliphatic heterocycles. The highest BCUT2D eigenvalue weighted by Gasteiger charge is 2.21. The zero-order valence-corrected chi connectivity index (χ0v) is 5.43. The quantitative estimate of drug-likeness (QED) is 0.615. The van der Waals surface area contributed by atoms with Gasteiger partial charge in [0.2, 0.25) is 0 Å². The summed E-state index contributed by atoms with van der Waals surface area (Å²) < 4.78 is 0. The first kappa shape index (κ1) is 5.10. The molecule has 0 bridgehead atoms. The van der Waals surface area contributed by atoms with Crippen LogP contribution in [0.1, 0.15) is 18.5 Å². The molecule has 0 aromatic carbocycles. The third-order valence-corrected chi connectivity index (χ3v) is 1.87. The molecule has 1 heterocycles. The van der Waals surface area contributed by atoms with Crippen molar-refractivity contribution >= 4 is 0 Å². The monoisotopic (exact) mass is 121 g/mol. The third-order valence-electron chi connectivity index (χ3n) is 1.87. The lowest BCUT2D eigenvalue weighted by Crippen LogP contribution is -1.84. The second-order valence-corrected chi connectivity index (χ2v) is 2.84. The van der Waals surface area contributed by atoms with Crippen LogP contribution in [0.5, 0.6) is 0 Å². The van der Waals surface area contributed by atoms with E-state index in [1.54, 1.807) is 0 Å². The Labute approximate surface area is 55.1 Å². The van der Waals surface area contributed by atoms with Crippen molar-refractivity contribution < 1.29 is 0 Å². The van der Waals surface area contributed by atoms with Gasteiger partial charge in [-0.3, -0.25) is 0 Å². The number of aromatic nitrogens is 1. The summed E-state index contributed by atoms with van der Waals surface area (Å²) in [6.45, 7) is 0. The van der Waals surface area contributed by atoms with Crippen molar-refractivity contribution in [1.29, 1.82) is 0 Å². The molecule has 0 atom stereocenters. The molecule has 9 heavy (non-hydrogen) atoms. The second-order valence-electron chi connectivity index (χ2n) is 2.84. The molecule has 1 aliphatic rings. The number of hydrogen-bond donors (Lipinski definition) is 1. The van der Waals surface area contributed by atoms with E-state index >= 15 is 0 Å². The van der Waals surface area contributed by atoms with Crippen molar-refractivity contribution in [3.63, 3.8) is 0 Å². The highest BCUT2D eigenvalue weighted by atomic mass is 14.7. The molecule has 0 amide bonds. The van der Waals surface area contributed by atoms with Gasteiger partial charge >= 0.3 is 0 Å². The lowest BCUT2D eigenvalue weighted by molar-refractivity contribution is 0.811. The summed E-state index contributed by atoms with van der Waals surface area (Å²) in [6.07, 6.45) is 6.16. The summed E-state index contributed by atoms with van der Waals surface area (Å²) in [7, 11) is 0. The van der Waals surface area contributed by atoms with Crippen molar-refractivity contribution in [1.82, 2.24) is 4.98 Å². The van der Waals surface area contributed by atoms with Crippen LogP contribution in [0.4, 0.5) is 0 Å². The van der Waals surface area contributed by atoms with Crippen LogP contribution in [0.25, 0.3) is 0 Å². The maximum atomic E-state index is 3.21. The summed E-state index contributed by atoms with van der Waals surface area (Å²) in [5, 5.41) is 0. The van der Waals surface area contributed by atoms with Gasteiger partial charge in [-0.25, -0.2) is 0 Å². The Morgan fingerprint density at radius 3 is 3.00 bits per heavy atom. The molecule has 1 aliphatic carbocycles. The second kappa shape index (κ2) is 1.90. The summed E-state index contributed by atoms with van der Waals surface area (Å²) in [5.41, 5.74) is 1.40. The van der Waals surface area contributed by atoms with Crippen LogP contribution < -0.4 is 0 Å². The van der Waals surface area contributed by atoms with Crippen molar-refractivity contribution in [2.75, 3.05) is 0 Å². The Bertz CT molecular complexity index is 172. The normalized spacial score (nSPS) is 18.2. The van der Waals surface area contributed by atoms with Crippen LogP contribution in [0.2, 0.25) is 0 Å². The van der Waals surface area contributed by atoms with Crippen molar-refractivity contribution in [3.8, 4) is 0 Å². The highest BCUT2D eigenvalue weighted by Crippen LogP contribution is 2.31. The zero-order valence-electron chi connectivity index (χ0n) is 5.43. The number of H-pyrrole nitrogens is 1. The van der Waals surface area contributed by atoms with Gasteiger partial charge in [-0.2, -0.15) is 0 Å². The number of nitrogens with one attached hydrogen (secondary N) is 1. The summed E-state index contributed by atoms with van der Waals surface area (Å²) in [6, 6.07) is 4.23. The predicted octanol–water partition coefficient (Wildman–Crippen LogP) is 1.97. The zero-order chi connectivity index (χ0) is 6.10. The molecule has 1 aromatic heterocycles. The third kappa shape index (κ3) is 1.15. The molecule has 0 radical (unpaired) electrons. The minimum absolute atomic E-state index is 1.00. The fourth-order valence-corrected chi connectivity index (χ4v) is 1.13. The van der Waals surface area contributed by atoms with Gasteiger partial charge in [0.1, 0.15) is 0 Å². The van der Waals surface area contributed by atoms with Crippen LogP contribution >= 0.6 is 0 Å². The standard InChI is InChI=1S/C8H11N/c1-2-8(9-5-1)6-7-3-4-7/h1-2,5,7,9H,3-4,6H2. The van der Waals surface area contributed by atoms with Crippen LogP contribution in [-0.2, 0) is 6.42 Å². The van der Waals surface area contributed by atoms with E-state index in [1.807, 2.05) is 6.20 Å². The number of aromatic amines is 1. The first-order valence-corrected chi connectivity index (χ1v) is 3.57. The number of hydrogen-bond acceptors (Lipinski definition) is 0. The summed E-state index contributed by atoms with van der Waals surface area (Å²) >= 11 is 0. The van der Waals surface area contributed by atoms with Gasteiger partial charge in [0.05, 0.1) is 0 Å². The maximum Gasteiger partial charge on any atom is 0.0149 e. The Hall–Kier alpha value is -0.720. The average molecular weight is 121 g/mol. The van der Waals surface area contributed by atoms with Crippen LogP contribution in [-0.4, -0.2) is 4.98 Å². The molecule has 1 N–H and O–H groups in total. The smallest absolute Gasteiger partial charge is 0.0149 e. The molecule has 1 aromatic rings. The fraction of sp³-hybridized carbons (Fsp3) is 0.500. The lowest BCUT2D eigenvalue weighted by Gasteiger charge is -1.90. The van der Waals surface area contributed by atoms with E-state index in [1.165, 1.54) is 25.0 Å². The van der Waals surface area contributed by atoms with E-state index in [9.17, 15) is 0 Å². The van der Waals surface area contributed by atoms with Crippen LogP contribution in [0.15, 0.2) is 18.3 Å².